The van der Waals surface area contributed by atoms with Gasteiger partial charge in [0.2, 0.25) is 0 Å². The van der Waals surface area contributed by atoms with E-state index in [-0.39, 0.29) is 5.41 Å². The third-order valence-corrected chi connectivity index (χ3v) is 5.04. The van der Waals surface area contributed by atoms with Gasteiger partial charge in [0.25, 0.3) is 0 Å². The summed E-state index contributed by atoms with van der Waals surface area (Å²) in [7, 11) is 0. The average molecular weight is 317 g/mol. The van der Waals surface area contributed by atoms with Crippen molar-refractivity contribution in [2.24, 2.45) is 0 Å². The van der Waals surface area contributed by atoms with E-state index >= 15 is 0 Å². The van der Waals surface area contributed by atoms with Gasteiger partial charge in [-0.3, -0.25) is 0 Å². The molecule has 1 heterocycles. The molecule has 0 fully saturated rings. The molecule has 0 aromatic heterocycles. The highest BCUT2D eigenvalue weighted by molar-refractivity contribution is 7.80. The second kappa shape index (κ2) is 5.17. The van der Waals surface area contributed by atoms with Gasteiger partial charge in [0.1, 0.15) is 0 Å². The Labute approximate surface area is 142 Å². The van der Waals surface area contributed by atoms with Crippen LogP contribution in [0.25, 0.3) is 11.1 Å². The maximum absolute atomic E-state index is 4.40. The standard InChI is InChI=1S/C21H19NS/c1-21(2)17-7-3-4-8-18(17)22-19-9-5-6-16(20(19)21)14-10-12-15(23)13-11-14/h3-13,22-23H,1-2H3. The zero-order valence-electron chi connectivity index (χ0n) is 13.3. The molecule has 0 unspecified atom stereocenters. The second-order valence-corrected chi connectivity index (χ2v) is 7.09. The number of fused-ring (bicyclic) bond motifs is 2. The van der Waals surface area contributed by atoms with Gasteiger partial charge in [0.05, 0.1) is 0 Å². The Balaban J connectivity index is 1.96. The highest BCUT2D eigenvalue weighted by Crippen LogP contribution is 2.48. The Morgan fingerprint density at radius 3 is 2.26 bits per heavy atom. The lowest BCUT2D eigenvalue weighted by Gasteiger charge is -2.37. The van der Waals surface area contributed by atoms with E-state index in [9.17, 15) is 0 Å². The van der Waals surface area contributed by atoms with E-state index < -0.39 is 0 Å². The number of rotatable bonds is 1. The summed E-state index contributed by atoms with van der Waals surface area (Å²) in [5.74, 6) is 0. The lowest BCUT2D eigenvalue weighted by atomic mass is 9.71. The molecule has 3 aromatic rings. The van der Waals surface area contributed by atoms with Crippen molar-refractivity contribution in [2.75, 3.05) is 5.32 Å². The number of anilines is 2. The van der Waals surface area contributed by atoms with Gasteiger partial charge in [-0.05, 0) is 46.5 Å². The van der Waals surface area contributed by atoms with Crippen LogP contribution in [0.1, 0.15) is 25.0 Å². The van der Waals surface area contributed by atoms with Crippen molar-refractivity contribution in [3.63, 3.8) is 0 Å². The molecule has 0 aliphatic carbocycles. The van der Waals surface area contributed by atoms with Crippen LogP contribution in [-0.2, 0) is 5.41 Å². The van der Waals surface area contributed by atoms with Gasteiger partial charge in [0, 0.05) is 21.7 Å². The molecule has 0 spiro atoms. The Bertz CT molecular complexity index is 879. The van der Waals surface area contributed by atoms with Crippen LogP contribution >= 0.6 is 12.6 Å². The van der Waals surface area contributed by atoms with E-state index in [0.29, 0.717) is 0 Å². The Kier molecular flexibility index (Phi) is 3.24. The Hall–Kier alpha value is -2.19. The molecule has 0 bridgehead atoms. The molecule has 23 heavy (non-hydrogen) atoms. The maximum atomic E-state index is 4.40. The van der Waals surface area contributed by atoms with Crippen molar-refractivity contribution in [1.82, 2.24) is 0 Å². The average Bonchev–Trinajstić information content (AvgIpc) is 2.55. The first-order valence-corrected chi connectivity index (χ1v) is 8.31. The lowest BCUT2D eigenvalue weighted by Crippen LogP contribution is -2.26. The molecule has 1 aliphatic rings. The van der Waals surface area contributed by atoms with Crippen LogP contribution in [0.15, 0.2) is 71.6 Å². The molecule has 0 amide bonds. The van der Waals surface area contributed by atoms with Gasteiger partial charge in [-0.25, -0.2) is 0 Å². The predicted molar refractivity (Wildman–Crippen MR) is 101 cm³/mol. The van der Waals surface area contributed by atoms with Gasteiger partial charge < -0.3 is 5.32 Å². The topological polar surface area (TPSA) is 12.0 Å². The molecule has 1 aliphatic heterocycles. The van der Waals surface area contributed by atoms with Gasteiger partial charge >= 0.3 is 0 Å². The Morgan fingerprint density at radius 1 is 0.783 bits per heavy atom. The summed E-state index contributed by atoms with van der Waals surface area (Å²) < 4.78 is 0. The van der Waals surface area contributed by atoms with E-state index in [1.807, 2.05) is 0 Å². The summed E-state index contributed by atoms with van der Waals surface area (Å²) in [5, 5.41) is 3.60. The SMILES string of the molecule is CC1(C)c2ccccc2Nc2cccc(-c3ccc(S)cc3)c21. The van der Waals surface area contributed by atoms with Gasteiger partial charge in [-0.2, -0.15) is 0 Å². The molecule has 1 nitrogen and oxygen atoms in total. The zero-order valence-corrected chi connectivity index (χ0v) is 14.2. The molecule has 0 saturated carbocycles. The highest BCUT2D eigenvalue weighted by Gasteiger charge is 2.34. The quantitative estimate of drug-likeness (QED) is 0.523. The number of hydrogen-bond acceptors (Lipinski definition) is 2. The molecule has 3 aromatic carbocycles. The van der Waals surface area contributed by atoms with Crippen LogP contribution in [0.3, 0.4) is 0 Å². The van der Waals surface area contributed by atoms with Crippen molar-refractivity contribution >= 4 is 24.0 Å². The normalized spacial score (nSPS) is 14.6. The van der Waals surface area contributed by atoms with Crippen LogP contribution in [0.5, 0.6) is 0 Å². The fourth-order valence-corrected chi connectivity index (χ4v) is 3.78. The Morgan fingerprint density at radius 2 is 1.48 bits per heavy atom. The van der Waals surface area contributed by atoms with E-state index in [1.165, 1.54) is 33.6 Å². The first-order chi connectivity index (χ1) is 11.1. The van der Waals surface area contributed by atoms with Crippen molar-refractivity contribution < 1.29 is 0 Å². The molecule has 2 heteroatoms. The molecule has 0 saturated heterocycles. The summed E-state index contributed by atoms with van der Waals surface area (Å²) in [5.41, 5.74) is 7.55. The summed E-state index contributed by atoms with van der Waals surface area (Å²) in [6, 6.07) is 23.5. The highest BCUT2D eigenvalue weighted by atomic mass is 32.1. The predicted octanol–water partition coefficient (Wildman–Crippen LogP) is 6.03. The molecule has 0 radical (unpaired) electrons. The van der Waals surface area contributed by atoms with Crippen LogP contribution in [0, 0.1) is 0 Å². The first kappa shape index (κ1) is 14.4. The number of nitrogens with one attached hydrogen (secondary N) is 1. The number of para-hydroxylation sites is 1. The fraction of sp³-hybridized carbons (Fsp3) is 0.143. The third kappa shape index (κ3) is 2.25. The minimum atomic E-state index is -0.0482. The van der Waals surface area contributed by atoms with Crippen LogP contribution in [0.4, 0.5) is 11.4 Å². The molecule has 4 rings (SSSR count). The summed E-state index contributed by atoms with van der Waals surface area (Å²) in [6.45, 7) is 4.62. The van der Waals surface area contributed by atoms with Crippen molar-refractivity contribution in [1.29, 1.82) is 0 Å². The van der Waals surface area contributed by atoms with Crippen molar-refractivity contribution in [3.8, 4) is 11.1 Å². The molecule has 114 valence electrons. The van der Waals surface area contributed by atoms with E-state index in [1.54, 1.807) is 0 Å². The van der Waals surface area contributed by atoms with E-state index in [4.69, 9.17) is 0 Å². The van der Waals surface area contributed by atoms with Crippen LogP contribution < -0.4 is 5.32 Å². The summed E-state index contributed by atoms with van der Waals surface area (Å²) >= 11 is 4.40. The molecular formula is C21H19NS. The first-order valence-electron chi connectivity index (χ1n) is 7.87. The third-order valence-electron chi connectivity index (χ3n) is 4.74. The number of thiol groups is 1. The van der Waals surface area contributed by atoms with E-state index in [0.717, 1.165) is 4.90 Å². The van der Waals surface area contributed by atoms with Crippen LogP contribution in [0.2, 0.25) is 0 Å². The van der Waals surface area contributed by atoms with Crippen molar-refractivity contribution in [2.45, 2.75) is 24.2 Å². The monoisotopic (exact) mass is 317 g/mol. The summed E-state index contributed by atoms with van der Waals surface area (Å²) in [4.78, 5) is 0.987. The van der Waals surface area contributed by atoms with Crippen molar-refractivity contribution in [3.05, 3.63) is 77.9 Å². The molecule has 0 atom stereocenters. The lowest BCUT2D eigenvalue weighted by molar-refractivity contribution is 0.640. The second-order valence-electron chi connectivity index (χ2n) is 6.57. The number of hydrogen-bond donors (Lipinski definition) is 2. The smallest absolute Gasteiger partial charge is 0.0432 e. The van der Waals surface area contributed by atoms with Gasteiger partial charge in [-0.15, -0.1) is 12.6 Å². The van der Waals surface area contributed by atoms with Crippen LogP contribution in [-0.4, -0.2) is 0 Å². The maximum Gasteiger partial charge on any atom is 0.0432 e. The number of benzene rings is 3. The summed E-state index contributed by atoms with van der Waals surface area (Å²) in [6.07, 6.45) is 0. The molecular weight excluding hydrogens is 298 g/mol. The fourth-order valence-electron chi connectivity index (χ4n) is 3.63. The minimum absolute atomic E-state index is 0.0482. The van der Waals surface area contributed by atoms with E-state index in [2.05, 4.69) is 98.5 Å². The minimum Gasteiger partial charge on any atom is -0.355 e. The van der Waals surface area contributed by atoms with Gasteiger partial charge in [-0.1, -0.05) is 56.3 Å². The van der Waals surface area contributed by atoms with Gasteiger partial charge in [0.15, 0.2) is 0 Å². The largest absolute Gasteiger partial charge is 0.355 e. The zero-order chi connectivity index (χ0) is 16.0. The molecule has 1 N–H and O–H groups in total.